The summed E-state index contributed by atoms with van der Waals surface area (Å²) >= 11 is 0. The molecule has 0 atom stereocenters. The third-order valence-electron chi connectivity index (χ3n) is 21.8. The van der Waals surface area contributed by atoms with E-state index < -0.39 is 23.5 Å². The maximum atomic E-state index is 12.9. The summed E-state index contributed by atoms with van der Waals surface area (Å²) in [5.74, 6) is -0.505. The third kappa shape index (κ3) is 18.4. The number of hydrogen-bond donors (Lipinski definition) is 5. The summed E-state index contributed by atoms with van der Waals surface area (Å²) in [7, 11) is 0. The molecule has 4 aliphatic heterocycles. The van der Waals surface area contributed by atoms with Gasteiger partial charge in [-0.25, -0.2) is 4.79 Å². The van der Waals surface area contributed by atoms with Crippen LogP contribution in [-0.4, -0.2) is 144 Å². The van der Waals surface area contributed by atoms with Crippen LogP contribution in [0.4, 0.5) is 13.2 Å². The molecule has 5 N–H and O–H groups in total. The molecule has 0 saturated carbocycles. The second kappa shape index (κ2) is 34.3. The number of carbonyl (C=O) groups excluding carboxylic acids is 6. The van der Waals surface area contributed by atoms with E-state index in [1.54, 1.807) is 42.3 Å². The summed E-state index contributed by atoms with van der Waals surface area (Å²) in [5.41, 5.74) is 11.1. The smallest absolute Gasteiger partial charge is 0.454 e. The Kier molecular flexibility index (Phi) is 23.7. The number of carbonyl (C=O) groups is 7. The van der Waals surface area contributed by atoms with Crippen LogP contribution in [0.5, 0.6) is 0 Å². The Bertz CT molecular complexity index is 4950. The number of hydrogen-bond acceptors (Lipinski definition) is 7. The Morgan fingerprint density at radius 1 is 0.361 bits per heavy atom. The molecule has 8 aromatic carbocycles. The lowest BCUT2D eigenvalue weighted by atomic mass is 9.90. The topological polar surface area (TPSA) is 216 Å². The minimum atomic E-state index is -4.96. The Morgan fingerprint density at radius 2 is 0.648 bits per heavy atom. The molecule has 4 saturated heterocycles. The van der Waals surface area contributed by atoms with E-state index in [1.807, 2.05) is 93.7 Å². The number of nitrogens with zero attached hydrogens (tertiary/aromatic N) is 4. The highest BCUT2D eigenvalue weighted by Crippen LogP contribution is 2.33. The zero-order valence-electron chi connectivity index (χ0n) is 60.5. The normalized spacial score (nSPS) is 15.4. The number of piperidine rings is 4. The first kappa shape index (κ1) is 74.7. The van der Waals surface area contributed by atoms with Gasteiger partial charge in [0.25, 0.3) is 29.4 Å². The number of fused-ring (bicyclic) bond motifs is 4. The maximum Gasteiger partial charge on any atom is 0.454 e. The molecule has 19 heteroatoms. The van der Waals surface area contributed by atoms with E-state index in [-0.39, 0.29) is 40.4 Å². The number of amides is 4. The standard InChI is InChI=1S/C23H21F3N2O2.C23H24N2O2.C22H22N2O3.C21H22N2O/c24-23(25,26)21(29)19-14-27-20-7-6-17(13-18(19)20)22(30)28-10-8-16(9-11-28)12-15-4-2-1-3-5-15;1-16(26)21-15-24-22-8-7-19(14-20(21)22)23(27)25-11-9-18(10-12-25)13-17-5-3-2-4-6-17;25-21(17-6-7-20-18(13-17)19(14-23-20)22(26)27)24-10-8-16(9-11-24)12-15-4-2-1-3-5-15;24-21(19-6-7-20-18(15-19)8-11-22-20)23-12-9-17(10-13-23)14-16-4-2-1-3-5-16/h1-7,13-14,16,27H,8-12H2;2-8,14-15,18,24H,9-13H2,1H3;1-7,13-14,16,23H,8-12H2,(H,26,27);1-8,11,15,17,22H,9-10,12-14H2. The molecule has 12 aromatic rings. The second-order valence-corrected chi connectivity index (χ2v) is 29.1. The molecule has 4 aromatic heterocycles. The van der Waals surface area contributed by atoms with Gasteiger partial charge in [-0.2, -0.15) is 13.2 Å². The molecule has 0 unspecified atom stereocenters. The number of nitrogens with one attached hydrogen (secondary N) is 4. The second-order valence-electron chi connectivity index (χ2n) is 29.1. The van der Waals surface area contributed by atoms with Crippen molar-refractivity contribution >= 4 is 84.8 Å². The van der Waals surface area contributed by atoms with Gasteiger partial charge < -0.3 is 44.6 Å². The van der Waals surface area contributed by atoms with E-state index >= 15 is 0 Å². The predicted octanol–water partition coefficient (Wildman–Crippen LogP) is 17.7. The van der Waals surface area contributed by atoms with E-state index in [9.17, 15) is 51.8 Å². The summed E-state index contributed by atoms with van der Waals surface area (Å²) in [6, 6.07) is 65.2. The fraction of sp³-hybridized carbons (Fsp3) is 0.292. The fourth-order valence-corrected chi connectivity index (χ4v) is 15.6. The molecular weight excluding hydrogens is 1370 g/mol. The first-order valence-corrected chi connectivity index (χ1v) is 37.4. The van der Waals surface area contributed by atoms with Crippen LogP contribution in [0.15, 0.2) is 225 Å². The number of carboxylic acids is 1. The van der Waals surface area contributed by atoms with Gasteiger partial charge in [-0.3, -0.25) is 28.8 Å². The first-order chi connectivity index (χ1) is 52.3. The van der Waals surface area contributed by atoms with E-state index in [2.05, 4.69) is 111 Å². The lowest BCUT2D eigenvalue weighted by Crippen LogP contribution is -2.38. The molecule has 0 spiro atoms. The average Bonchev–Trinajstić information content (AvgIpc) is 1.63. The van der Waals surface area contributed by atoms with Crippen LogP contribution < -0.4 is 0 Å². The number of benzene rings is 8. The van der Waals surface area contributed by atoms with Crippen molar-refractivity contribution in [2.24, 2.45) is 23.7 Å². The number of Topliss-reactive ketones (excluding diaryl/α,β-unsaturated/α-hetero) is 2. The lowest BCUT2D eigenvalue weighted by molar-refractivity contribution is -0.0884. The highest BCUT2D eigenvalue weighted by atomic mass is 19.4. The molecular formula is C89H89F3N8O8. The number of carboxylic acid groups (broad SMARTS) is 1. The monoisotopic (exact) mass is 1450 g/mol. The maximum absolute atomic E-state index is 12.9. The van der Waals surface area contributed by atoms with Crippen molar-refractivity contribution in [3.8, 4) is 0 Å². The fourth-order valence-electron chi connectivity index (χ4n) is 15.6. The molecule has 4 fully saturated rings. The molecule has 0 aliphatic carbocycles. The van der Waals surface area contributed by atoms with Crippen LogP contribution in [0.2, 0.25) is 0 Å². The zero-order chi connectivity index (χ0) is 75.3. The number of aromatic carboxylic acids is 1. The van der Waals surface area contributed by atoms with Crippen molar-refractivity contribution in [1.29, 1.82) is 0 Å². The van der Waals surface area contributed by atoms with Gasteiger partial charge in [0.1, 0.15) is 0 Å². The van der Waals surface area contributed by atoms with Gasteiger partial charge in [-0.05, 0) is 209 Å². The van der Waals surface area contributed by atoms with Crippen molar-refractivity contribution in [1.82, 2.24) is 39.5 Å². The summed E-state index contributed by atoms with van der Waals surface area (Å²) in [6.07, 6.45) is 13.4. The highest BCUT2D eigenvalue weighted by Gasteiger charge is 2.41. The van der Waals surface area contributed by atoms with Gasteiger partial charge in [0, 0.05) is 149 Å². The summed E-state index contributed by atoms with van der Waals surface area (Å²) in [4.78, 5) is 106. The number of rotatable bonds is 15. The quantitative estimate of drug-likeness (QED) is 0.0621. The number of alkyl halides is 3. The number of halogens is 3. The molecule has 554 valence electrons. The zero-order valence-corrected chi connectivity index (χ0v) is 60.5. The van der Waals surface area contributed by atoms with E-state index in [0.29, 0.717) is 69.9 Å². The van der Waals surface area contributed by atoms with Gasteiger partial charge in [0.05, 0.1) is 11.1 Å². The van der Waals surface area contributed by atoms with Crippen LogP contribution in [0, 0.1) is 23.7 Å². The van der Waals surface area contributed by atoms with Crippen molar-refractivity contribution in [2.45, 2.75) is 90.1 Å². The number of likely N-dealkylation sites (tertiary alicyclic amines) is 4. The average molecular weight is 1460 g/mol. The van der Waals surface area contributed by atoms with Crippen LogP contribution >= 0.6 is 0 Å². The molecule has 108 heavy (non-hydrogen) atoms. The summed E-state index contributed by atoms with van der Waals surface area (Å²) < 4.78 is 38.5. The van der Waals surface area contributed by atoms with Crippen LogP contribution in [0.3, 0.4) is 0 Å². The van der Waals surface area contributed by atoms with Gasteiger partial charge >= 0.3 is 12.1 Å². The van der Waals surface area contributed by atoms with E-state index in [1.165, 1.54) is 40.6 Å². The Balaban J connectivity index is 0.000000127. The third-order valence-corrected chi connectivity index (χ3v) is 21.8. The summed E-state index contributed by atoms with van der Waals surface area (Å²) in [5, 5.41) is 11.9. The number of aromatic amines is 4. The highest BCUT2D eigenvalue weighted by molar-refractivity contribution is 6.12. The van der Waals surface area contributed by atoms with Crippen molar-refractivity contribution < 1.29 is 51.8 Å². The molecule has 0 bridgehead atoms. The van der Waals surface area contributed by atoms with Gasteiger partial charge in [0.2, 0.25) is 0 Å². The molecule has 16 rings (SSSR count). The molecule has 4 aliphatic rings. The minimum Gasteiger partial charge on any atom is -0.478 e. The molecule has 8 heterocycles. The van der Waals surface area contributed by atoms with Crippen molar-refractivity contribution in [2.75, 3.05) is 52.4 Å². The number of aromatic nitrogens is 4. The number of ketones is 2. The lowest BCUT2D eigenvalue weighted by Gasteiger charge is -2.32. The van der Waals surface area contributed by atoms with Crippen LogP contribution in [0.25, 0.3) is 43.6 Å². The van der Waals surface area contributed by atoms with E-state index in [4.69, 9.17) is 0 Å². The first-order valence-electron chi connectivity index (χ1n) is 37.4. The Hall–Kier alpha value is -11.6. The van der Waals surface area contributed by atoms with E-state index in [0.717, 1.165) is 155 Å². The molecule has 0 radical (unpaired) electrons. The molecule has 4 amide bonds. The van der Waals surface area contributed by atoms with Crippen molar-refractivity contribution in [3.05, 3.63) is 286 Å². The summed E-state index contributed by atoms with van der Waals surface area (Å²) in [6.45, 7) is 7.56. The Morgan fingerprint density at radius 3 is 0.963 bits per heavy atom. The largest absolute Gasteiger partial charge is 0.478 e. The Labute approximate surface area is 625 Å². The van der Waals surface area contributed by atoms with Gasteiger partial charge in [-0.15, -0.1) is 0 Å². The predicted molar refractivity (Wildman–Crippen MR) is 416 cm³/mol. The molecule has 16 nitrogen and oxygen atoms in total. The number of H-pyrrole nitrogens is 4. The minimum absolute atomic E-state index is 0.00701. The van der Waals surface area contributed by atoms with Crippen molar-refractivity contribution in [3.63, 3.8) is 0 Å². The van der Waals surface area contributed by atoms with Gasteiger partial charge in [0.15, 0.2) is 5.78 Å². The SMILES string of the molecule is CC(=O)c1c[nH]c2ccc(C(=O)N3CCC(Cc4ccccc4)CC3)cc12.O=C(O)c1c[nH]c2ccc(C(=O)N3CCC(Cc4ccccc4)CC3)cc12.O=C(c1ccc2[nH]cc(C(=O)C(F)(F)F)c2c1)N1CCC(Cc2ccccc2)CC1.O=C(c1ccc2[nH]ccc2c1)N1CCC(Cc2ccccc2)CC1. The van der Waals surface area contributed by atoms with Crippen LogP contribution in [-0.2, 0) is 25.7 Å². The van der Waals surface area contributed by atoms with Crippen LogP contribution in [0.1, 0.15) is 153 Å². The van der Waals surface area contributed by atoms with Gasteiger partial charge in [-0.1, -0.05) is 121 Å².